The largest absolute Gasteiger partial charge is 0.476 e. The maximum atomic E-state index is 6.09. The summed E-state index contributed by atoms with van der Waals surface area (Å²) in [6.45, 7) is 4.36. The standard InChI is InChI=1S/C22H20N6O2/c1-14-7-5-8-16(23-14)9-6-12-29-22-18-11-4-3-10-17(18)20-24-25-21(28(20)26-22)19-13-15(2)30-27-19/h3-5,7-8,10-11,13H,6,9,12H2,1-2H3. The van der Waals surface area contributed by atoms with Gasteiger partial charge in [-0.3, -0.25) is 4.98 Å². The van der Waals surface area contributed by atoms with E-state index in [4.69, 9.17) is 9.26 Å². The number of fused-ring (bicyclic) bond motifs is 3. The van der Waals surface area contributed by atoms with Crippen molar-refractivity contribution in [1.29, 1.82) is 0 Å². The molecule has 0 unspecified atom stereocenters. The van der Waals surface area contributed by atoms with Crippen LogP contribution in [0.15, 0.2) is 53.1 Å². The van der Waals surface area contributed by atoms with Crippen molar-refractivity contribution in [3.63, 3.8) is 0 Å². The summed E-state index contributed by atoms with van der Waals surface area (Å²) in [5.74, 6) is 1.75. The number of aryl methyl sites for hydroxylation is 3. The second-order valence-electron chi connectivity index (χ2n) is 7.15. The molecule has 5 rings (SSSR count). The Morgan fingerprint density at radius 3 is 2.67 bits per heavy atom. The van der Waals surface area contributed by atoms with Crippen LogP contribution in [0.25, 0.3) is 27.9 Å². The minimum Gasteiger partial charge on any atom is -0.476 e. The third kappa shape index (κ3) is 3.36. The van der Waals surface area contributed by atoms with Gasteiger partial charge in [0.25, 0.3) is 0 Å². The normalized spacial score (nSPS) is 11.4. The second kappa shape index (κ2) is 7.55. The van der Waals surface area contributed by atoms with E-state index in [1.807, 2.05) is 62.4 Å². The summed E-state index contributed by atoms with van der Waals surface area (Å²) in [4.78, 5) is 4.54. The van der Waals surface area contributed by atoms with Gasteiger partial charge in [0.2, 0.25) is 11.7 Å². The fourth-order valence-electron chi connectivity index (χ4n) is 3.45. The van der Waals surface area contributed by atoms with E-state index < -0.39 is 0 Å². The summed E-state index contributed by atoms with van der Waals surface area (Å²) in [7, 11) is 0. The number of rotatable bonds is 6. The van der Waals surface area contributed by atoms with E-state index in [1.165, 1.54) is 0 Å². The monoisotopic (exact) mass is 400 g/mol. The highest BCUT2D eigenvalue weighted by Crippen LogP contribution is 2.28. The smallest absolute Gasteiger partial charge is 0.239 e. The average Bonchev–Trinajstić information content (AvgIpc) is 3.37. The number of aromatic nitrogens is 6. The maximum Gasteiger partial charge on any atom is 0.239 e. The van der Waals surface area contributed by atoms with Crippen LogP contribution in [0, 0.1) is 13.8 Å². The van der Waals surface area contributed by atoms with Gasteiger partial charge in [0.05, 0.1) is 6.61 Å². The predicted molar refractivity (Wildman–Crippen MR) is 111 cm³/mol. The Hall–Kier alpha value is -3.81. The van der Waals surface area contributed by atoms with Gasteiger partial charge in [0, 0.05) is 28.2 Å². The van der Waals surface area contributed by atoms with Crippen molar-refractivity contribution in [3.8, 4) is 17.4 Å². The molecule has 4 aromatic heterocycles. The molecule has 0 N–H and O–H groups in total. The molecule has 0 fully saturated rings. The van der Waals surface area contributed by atoms with Crippen molar-refractivity contribution in [1.82, 2.24) is 30.0 Å². The molecule has 0 saturated heterocycles. The zero-order chi connectivity index (χ0) is 20.5. The summed E-state index contributed by atoms with van der Waals surface area (Å²) in [6, 6.07) is 15.8. The first-order valence-corrected chi connectivity index (χ1v) is 9.82. The highest BCUT2D eigenvalue weighted by molar-refractivity contribution is 5.96. The van der Waals surface area contributed by atoms with Gasteiger partial charge < -0.3 is 9.26 Å². The van der Waals surface area contributed by atoms with Crippen molar-refractivity contribution < 1.29 is 9.26 Å². The Morgan fingerprint density at radius 1 is 1.00 bits per heavy atom. The third-order valence-electron chi connectivity index (χ3n) is 4.85. The summed E-state index contributed by atoms with van der Waals surface area (Å²) in [5, 5.41) is 19.1. The lowest BCUT2D eigenvalue weighted by molar-refractivity contribution is 0.298. The van der Waals surface area contributed by atoms with Gasteiger partial charge in [-0.25, -0.2) is 0 Å². The number of pyridine rings is 1. The molecule has 0 atom stereocenters. The minimum atomic E-state index is 0.515. The van der Waals surface area contributed by atoms with Crippen molar-refractivity contribution in [2.75, 3.05) is 6.61 Å². The predicted octanol–water partition coefficient (Wildman–Crippen LogP) is 3.96. The molecule has 0 radical (unpaired) electrons. The molecule has 0 aliphatic rings. The molecule has 8 heteroatoms. The molecule has 0 aliphatic heterocycles. The number of nitrogens with zero attached hydrogens (tertiary/aromatic N) is 6. The van der Waals surface area contributed by atoms with Crippen molar-refractivity contribution >= 4 is 16.4 Å². The topological polar surface area (TPSA) is 91.2 Å². The van der Waals surface area contributed by atoms with Crippen LogP contribution in [0.5, 0.6) is 5.88 Å². The molecule has 8 nitrogen and oxygen atoms in total. The average molecular weight is 400 g/mol. The Bertz CT molecular complexity index is 1340. The van der Waals surface area contributed by atoms with Crippen LogP contribution in [0.1, 0.15) is 23.6 Å². The van der Waals surface area contributed by atoms with Crippen molar-refractivity contribution in [3.05, 3.63) is 65.7 Å². The molecule has 5 aromatic rings. The van der Waals surface area contributed by atoms with Crippen LogP contribution in [-0.4, -0.2) is 36.6 Å². The Labute approximate surface area is 172 Å². The van der Waals surface area contributed by atoms with E-state index in [2.05, 4.69) is 25.4 Å². The molecule has 4 heterocycles. The lowest BCUT2D eigenvalue weighted by Crippen LogP contribution is -2.06. The van der Waals surface area contributed by atoms with Gasteiger partial charge in [-0.05, 0) is 44.9 Å². The van der Waals surface area contributed by atoms with Gasteiger partial charge in [-0.1, -0.05) is 29.4 Å². The molecule has 30 heavy (non-hydrogen) atoms. The zero-order valence-electron chi connectivity index (χ0n) is 16.7. The molecule has 0 amide bonds. The number of hydrogen-bond donors (Lipinski definition) is 0. The van der Waals surface area contributed by atoms with Crippen LogP contribution >= 0.6 is 0 Å². The fraction of sp³-hybridized carbons (Fsp3) is 0.227. The van der Waals surface area contributed by atoms with E-state index in [9.17, 15) is 0 Å². The van der Waals surface area contributed by atoms with Crippen LogP contribution in [0.2, 0.25) is 0 Å². The maximum absolute atomic E-state index is 6.09. The van der Waals surface area contributed by atoms with Gasteiger partial charge in [0.1, 0.15) is 5.76 Å². The lowest BCUT2D eigenvalue weighted by Gasteiger charge is -2.09. The molecule has 0 bridgehead atoms. The van der Waals surface area contributed by atoms with E-state index >= 15 is 0 Å². The van der Waals surface area contributed by atoms with Crippen molar-refractivity contribution in [2.24, 2.45) is 0 Å². The van der Waals surface area contributed by atoms with E-state index in [1.54, 1.807) is 4.52 Å². The highest BCUT2D eigenvalue weighted by Gasteiger charge is 2.18. The fourth-order valence-corrected chi connectivity index (χ4v) is 3.45. The van der Waals surface area contributed by atoms with E-state index in [0.717, 1.165) is 35.0 Å². The zero-order valence-corrected chi connectivity index (χ0v) is 16.7. The summed E-state index contributed by atoms with van der Waals surface area (Å²) < 4.78 is 12.9. The highest BCUT2D eigenvalue weighted by atomic mass is 16.5. The van der Waals surface area contributed by atoms with Gasteiger partial charge in [-0.2, -0.15) is 4.52 Å². The van der Waals surface area contributed by atoms with E-state index in [-0.39, 0.29) is 0 Å². The first-order valence-electron chi connectivity index (χ1n) is 9.82. The SMILES string of the molecule is Cc1cccc(CCCOc2nn3c(-c4cc(C)on4)nnc3c3ccccc23)n1. The van der Waals surface area contributed by atoms with Crippen LogP contribution in [0.4, 0.5) is 0 Å². The Morgan fingerprint density at radius 2 is 1.87 bits per heavy atom. The minimum absolute atomic E-state index is 0.515. The van der Waals surface area contributed by atoms with Crippen LogP contribution < -0.4 is 4.74 Å². The summed E-state index contributed by atoms with van der Waals surface area (Å²) in [6.07, 6.45) is 1.68. The first kappa shape index (κ1) is 18.2. The first-order chi connectivity index (χ1) is 14.7. The van der Waals surface area contributed by atoms with Gasteiger partial charge >= 0.3 is 0 Å². The number of ether oxygens (including phenoxy) is 1. The number of hydrogen-bond acceptors (Lipinski definition) is 7. The molecule has 0 saturated carbocycles. The molecule has 0 aliphatic carbocycles. The summed E-state index contributed by atoms with van der Waals surface area (Å²) >= 11 is 0. The third-order valence-corrected chi connectivity index (χ3v) is 4.85. The van der Waals surface area contributed by atoms with Gasteiger partial charge in [0.15, 0.2) is 11.3 Å². The number of benzene rings is 1. The molecule has 0 spiro atoms. The molecular formula is C22H20N6O2. The lowest BCUT2D eigenvalue weighted by atomic mass is 10.2. The quantitative estimate of drug-likeness (QED) is 0.398. The molecule has 1 aromatic carbocycles. The Balaban J connectivity index is 1.45. The van der Waals surface area contributed by atoms with Crippen molar-refractivity contribution in [2.45, 2.75) is 26.7 Å². The Kier molecular flexibility index (Phi) is 4.59. The van der Waals surface area contributed by atoms with E-state index in [0.29, 0.717) is 35.4 Å². The molecular weight excluding hydrogens is 380 g/mol. The van der Waals surface area contributed by atoms with Crippen LogP contribution in [-0.2, 0) is 6.42 Å². The van der Waals surface area contributed by atoms with Gasteiger partial charge in [-0.15, -0.1) is 15.3 Å². The summed E-state index contributed by atoms with van der Waals surface area (Å²) in [5.41, 5.74) is 3.32. The molecule has 150 valence electrons. The van der Waals surface area contributed by atoms with Crippen LogP contribution in [0.3, 0.4) is 0 Å². The second-order valence-corrected chi connectivity index (χ2v) is 7.15.